The lowest BCUT2D eigenvalue weighted by molar-refractivity contribution is -0.127. The average molecular weight is 368 g/mol. The average Bonchev–Trinajstić information content (AvgIpc) is 2.94. The van der Waals surface area contributed by atoms with Crippen LogP contribution in [0.25, 0.3) is 0 Å². The van der Waals surface area contributed by atoms with Crippen molar-refractivity contribution in [1.82, 2.24) is 10.1 Å². The number of amides is 2. The Bertz CT molecular complexity index is 703. The van der Waals surface area contributed by atoms with Crippen molar-refractivity contribution in [2.75, 3.05) is 23.9 Å². The van der Waals surface area contributed by atoms with Crippen LogP contribution in [0.1, 0.15) is 11.3 Å². The smallest absolute Gasteiger partial charge is 0.235 e. The number of benzene rings is 1. The van der Waals surface area contributed by atoms with E-state index in [-0.39, 0.29) is 23.3 Å². The van der Waals surface area contributed by atoms with Crippen LogP contribution in [-0.2, 0) is 16.1 Å². The first-order valence-electron chi connectivity index (χ1n) is 7.23. The number of anilines is 1. The fraction of sp³-hybridized carbons (Fsp3) is 0.312. The molecule has 0 saturated carbocycles. The molecular formula is C16H18ClN3O3S. The first kappa shape index (κ1) is 18.4. The van der Waals surface area contributed by atoms with Crippen molar-refractivity contribution in [1.29, 1.82) is 0 Å². The molecule has 2 aromatic rings. The van der Waals surface area contributed by atoms with Crippen LogP contribution in [0.3, 0.4) is 0 Å². The van der Waals surface area contributed by atoms with E-state index in [0.29, 0.717) is 23.1 Å². The Morgan fingerprint density at radius 1 is 1.29 bits per heavy atom. The van der Waals surface area contributed by atoms with E-state index in [1.54, 1.807) is 37.1 Å². The van der Waals surface area contributed by atoms with Crippen molar-refractivity contribution in [3.05, 3.63) is 46.7 Å². The zero-order valence-corrected chi connectivity index (χ0v) is 15.0. The van der Waals surface area contributed by atoms with Crippen molar-refractivity contribution >= 4 is 41.0 Å². The van der Waals surface area contributed by atoms with Gasteiger partial charge in [-0.2, -0.15) is 0 Å². The number of hydrogen-bond acceptors (Lipinski definition) is 5. The molecular weight excluding hydrogens is 350 g/mol. The molecule has 0 spiro atoms. The molecule has 6 nitrogen and oxygen atoms in total. The van der Waals surface area contributed by atoms with E-state index in [4.69, 9.17) is 16.1 Å². The van der Waals surface area contributed by atoms with Crippen LogP contribution in [0.5, 0.6) is 0 Å². The third-order valence-corrected chi connectivity index (χ3v) is 4.28. The van der Waals surface area contributed by atoms with Gasteiger partial charge in [-0.15, -0.1) is 11.8 Å². The van der Waals surface area contributed by atoms with E-state index in [9.17, 15) is 9.59 Å². The molecule has 2 rings (SSSR count). The van der Waals surface area contributed by atoms with Crippen LogP contribution >= 0.6 is 23.4 Å². The van der Waals surface area contributed by atoms with Gasteiger partial charge < -0.3 is 14.7 Å². The van der Waals surface area contributed by atoms with Crippen molar-refractivity contribution in [2.24, 2.45) is 0 Å². The summed E-state index contributed by atoms with van der Waals surface area (Å²) in [5, 5.41) is 6.95. The van der Waals surface area contributed by atoms with Crippen LogP contribution in [0.15, 0.2) is 34.9 Å². The van der Waals surface area contributed by atoms with Crippen molar-refractivity contribution < 1.29 is 14.1 Å². The highest BCUT2D eigenvalue weighted by molar-refractivity contribution is 8.00. The molecule has 0 unspecified atom stereocenters. The van der Waals surface area contributed by atoms with Crippen LogP contribution < -0.4 is 5.32 Å². The molecule has 1 aromatic heterocycles. The van der Waals surface area contributed by atoms with Gasteiger partial charge in [0.15, 0.2) is 5.82 Å². The zero-order chi connectivity index (χ0) is 17.5. The van der Waals surface area contributed by atoms with E-state index in [0.717, 1.165) is 5.56 Å². The summed E-state index contributed by atoms with van der Waals surface area (Å²) < 4.78 is 4.86. The summed E-state index contributed by atoms with van der Waals surface area (Å²) in [7, 11) is 1.73. The number of carbonyl (C=O) groups is 2. The Morgan fingerprint density at radius 3 is 2.62 bits per heavy atom. The van der Waals surface area contributed by atoms with Crippen LogP contribution in [0, 0.1) is 6.92 Å². The van der Waals surface area contributed by atoms with E-state index in [1.807, 2.05) is 12.1 Å². The minimum absolute atomic E-state index is 0.0416. The predicted molar refractivity (Wildman–Crippen MR) is 95.1 cm³/mol. The Hall–Kier alpha value is -1.99. The summed E-state index contributed by atoms with van der Waals surface area (Å²) in [4.78, 5) is 25.4. The first-order valence-corrected chi connectivity index (χ1v) is 8.76. The normalized spacial score (nSPS) is 10.5. The molecule has 1 heterocycles. The zero-order valence-electron chi connectivity index (χ0n) is 13.4. The SMILES string of the molecule is Cc1cc(NC(=O)CSCC(=O)N(C)Cc2ccc(Cl)cc2)no1. The van der Waals surface area contributed by atoms with Gasteiger partial charge in [-0.1, -0.05) is 28.9 Å². The highest BCUT2D eigenvalue weighted by Gasteiger charge is 2.12. The van der Waals surface area contributed by atoms with Crippen LogP contribution in [0.4, 0.5) is 5.82 Å². The second kappa shape index (κ2) is 8.75. The minimum Gasteiger partial charge on any atom is -0.360 e. The third kappa shape index (κ3) is 5.90. The maximum absolute atomic E-state index is 12.1. The van der Waals surface area contributed by atoms with Gasteiger partial charge in [0.2, 0.25) is 11.8 Å². The van der Waals surface area contributed by atoms with Crippen molar-refractivity contribution in [3.8, 4) is 0 Å². The fourth-order valence-corrected chi connectivity index (χ4v) is 2.78. The van der Waals surface area contributed by atoms with E-state index in [2.05, 4.69) is 10.5 Å². The molecule has 0 fully saturated rings. The van der Waals surface area contributed by atoms with Gasteiger partial charge in [0.1, 0.15) is 5.76 Å². The predicted octanol–water partition coefficient (Wildman–Crippen LogP) is 2.97. The molecule has 0 saturated heterocycles. The molecule has 8 heteroatoms. The molecule has 0 aliphatic heterocycles. The molecule has 1 N–H and O–H groups in total. The van der Waals surface area contributed by atoms with E-state index in [1.165, 1.54) is 11.8 Å². The number of halogens is 1. The maximum Gasteiger partial charge on any atom is 0.235 e. The number of aromatic nitrogens is 1. The van der Waals surface area contributed by atoms with Crippen LogP contribution in [-0.4, -0.2) is 40.4 Å². The lowest BCUT2D eigenvalue weighted by Gasteiger charge is -2.17. The van der Waals surface area contributed by atoms with E-state index >= 15 is 0 Å². The summed E-state index contributed by atoms with van der Waals surface area (Å²) in [5.41, 5.74) is 0.999. The quantitative estimate of drug-likeness (QED) is 0.814. The summed E-state index contributed by atoms with van der Waals surface area (Å²) >= 11 is 7.09. The highest BCUT2D eigenvalue weighted by atomic mass is 35.5. The molecule has 24 heavy (non-hydrogen) atoms. The van der Waals surface area contributed by atoms with Gasteiger partial charge in [0, 0.05) is 24.7 Å². The minimum atomic E-state index is -0.221. The molecule has 128 valence electrons. The Morgan fingerprint density at radius 2 is 2.00 bits per heavy atom. The van der Waals surface area contributed by atoms with Crippen molar-refractivity contribution in [2.45, 2.75) is 13.5 Å². The van der Waals surface area contributed by atoms with Gasteiger partial charge in [-0.3, -0.25) is 9.59 Å². The number of thioether (sulfide) groups is 1. The summed E-state index contributed by atoms with van der Waals surface area (Å²) in [5.74, 6) is 1.14. The monoisotopic (exact) mass is 367 g/mol. The number of hydrogen-bond donors (Lipinski definition) is 1. The maximum atomic E-state index is 12.1. The molecule has 0 bridgehead atoms. The standard InChI is InChI=1S/C16H18ClN3O3S/c1-11-7-14(19-23-11)18-15(21)9-24-10-16(22)20(2)8-12-3-5-13(17)6-4-12/h3-7H,8-10H2,1-2H3,(H,18,19,21). The molecule has 0 aliphatic carbocycles. The summed E-state index contributed by atoms with van der Waals surface area (Å²) in [6, 6.07) is 8.98. The summed E-state index contributed by atoms with van der Waals surface area (Å²) in [6.45, 7) is 2.24. The first-order chi connectivity index (χ1) is 11.4. The van der Waals surface area contributed by atoms with Crippen LogP contribution in [0.2, 0.25) is 5.02 Å². The summed E-state index contributed by atoms with van der Waals surface area (Å²) in [6.07, 6.45) is 0. The van der Waals surface area contributed by atoms with E-state index < -0.39 is 0 Å². The topological polar surface area (TPSA) is 75.4 Å². The third-order valence-electron chi connectivity index (χ3n) is 3.11. The fourth-order valence-electron chi connectivity index (χ4n) is 1.90. The second-order valence-electron chi connectivity index (χ2n) is 5.24. The lowest BCUT2D eigenvalue weighted by atomic mass is 10.2. The van der Waals surface area contributed by atoms with Gasteiger partial charge in [0.25, 0.3) is 0 Å². The number of nitrogens with zero attached hydrogens (tertiary/aromatic N) is 2. The van der Waals surface area contributed by atoms with Gasteiger partial charge in [0.05, 0.1) is 11.5 Å². The number of nitrogens with one attached hydrogen (secondary N) is 1. The number of carbonyl (C=O) groups excluding carboxylic acids is 2. The number of rotatable bonds is 7. The highest BCUT2D eigenvalue weighted by Crippen LogP contribution is 2.12. The van der Waals surface area contributed by atoms with Gasteiger partial charge in [-0.25, -0.2) is 0 Å². The van der Waals surface area contributed by atoms with Gasteiger partial charge >= 0.3 is 0 Å². The molecule has 2 amide bonds. The largest absolute Gasteiger partial charge is 0.360 e. The Kier molecular flexibility index (Phi) is 6.69. The second-order valence-corrected chi connectivity index (χ2v) is 6.66. The lowest BCUT2D eigenvalue weighted by Crippen LogP contribution is -2.28. The molecule has 1 aromatic carbocycles. The Balaban J connectivity index is 1.70. The van der Waals surface area contributed by atoms with Crippen molar-refractivity contribution in [3.63, 3.8) is 0 Å². The number of aryl methyl sites for hydroxylation is 1. The molecule has 0 atom stereocenters. The Labute approximate surface area is 149 Å². The molecule has 0 radical (unpaired) electrons. The molecule has 0 aliphatic rings. The van der Waals surface area contributed by atoms with Gasteiger partial charge in [-0.05, 0) is 24.6 Å².